The second-order valence-electron chi connectivity index (χ2n) is 5.92. The SMILES string of the molecule is Cc1cc(C)cc(SNc2ccccc2-c2nc3ncccc3o2)c1. The smallest absolute Gasteiger partial charge is 0.231 e. The van der Waals surface area contributed by atoms with E-state index in [0.717, 1.165) is 11.3 Å². The summed E-state index contributed by atoms with van der Waals surface area (Å²) in [5, 5.41) is 0. The monoisotopic (exact) mass is 347 g/mol. The first-order chi connectivity index (χ1) is 12.2. The first-order valence-electron chi connectivity index (χ1n) is 8.01. The van der Waals surface area contributed by atoms with Crippen LogP contribution in [0.5, 0.6) is 0 Å². The molecule has 124 valence electrons. The van der Waals surface area contributed by atoms with E-state index in [1.54, 1.807) is 18.1 Å². The molecule has 4 rings (SSSR count). The van der Waals surface area contributed by atoms with E-state index in [1.165, 1.54) is 16.0 Å². The van der Waals surface area contributed by atoms with Crippen LogP contribution < -0.4 is 4.72 Å². The van der Waals surface area contributed by atoms with Gasteiger partial charge in [0, 0.05) is 11.1 Å². The van der Waals surface area contributed by atoms with Crippen molar-refractivity contribution in [1.29, 1.82) is 0 Å². The number of pyridine rings is 1. The number of aromatic nitrogens is 2. The van der Waals surface area contributed by atoms with Crippen LogP contribution in [0.2, 0.25) is 0 Å². The summed E-state index contributed by atoms with van der Waals surface area (Å²) >= 11 is 1.58. The second kappa shape index (κ2) is 6.61. The van der Waals surface area contributed by atoms with Crippen molar-refractivity contribution >= 4 is 28.9 Å². The summed E-state index contributed by atoms with van der Waals surface area (Å²) < 4.78 is 9.29. The Bertz CT molecular complexity index is 989. The van der Waals surface area contributed by atoms with Gasteiger partial charge < -0.3 is 9.14 Å². The Labute approximate surface area is 150 Å². The molecule has 0 aliphatic carbocycles. The van der Waals surface area contributed by atoms with E-state index in [0.29, 0.717) is 17.1 Å². The zero-order valence-corrected chi connectivity index (χ0v) is 14.8. The van der Waals surface area contributed by atoms with E-state index < -0.39 is 0 Å². The molecule has 2 heterocycles. The van der Waals surface area contributed by atoms with Crippen molar-refractivity contribution in [2.24, 2.45) is 0 Å². The summed E-state index contributed by atoms with van der Waals surface area (Å²) in [6, 6.07) is 18.2. The number of nitrogens with one attached hydrogen (secondary N) is 1. The van der Waals surface area contributed by atoms with Crippen LogP contribution in [0, 0.1) is 13.8 Å². The Morgan fingerprint density at radius 2 is 1.76 bits per heavy atom. The Balaban J connectivity index is 1.64. The maximum Gasteiger partial charge on any atom is 0.231 e. The number of para-hydroxylation sites is 1. The summed E-state index contributed by atoms with van der Waals surface area (Å²) in [6.07, 6.45) is 1.72. The van der Waals surface area contributed by atoms with Gasteiger partial charge in [0.15, 0.2) is 11.2 Å². The standard InChI is InChI=1S/C20H17N3OS/c1-13-10-14(2)12-15(11-13)25-23-17-7-4-3-6-16(17)20-22-19-18(24-20)8-5-9-21-19/h3-12,23H,1-2H3. The Morgan fingerprint density at radius 3 is 2.56 bits per heavy atom. The minimum atomic E-state index is 0.567. The van der Waals surface area contributed by atoms with E-state index >= 15 is 0 Å². The lowest BCUT2D eigenvalue weighted by Crippen LogP contribution is -1.91. The molecule has 0 radical (unpaired) electrons. The van der Waals surface area contributed by atoms with Gasteiger partial charge in [-0.3, -0.25) is 0 Å². The average Bonchev–Trinajstić information content (AvgIpc) is 3.03. The number of oxazole rings is 1. The largest absolute Gasteiger partial charge is 0.434 e. The second-order valence-corrected chi connectivity index (χ2v) is 6.80. The topological polar surface area (TPSA) is 51.0 Å². The Morgan fingerprint density at radius 1 is 0.960 bits per heavy atom. The third-order valence-corrected chi connectivity index (χ3v) is 4.59. The van der Waals surface area contributed by atoms with Crippen molar-refractivity contribution in [3.05, 3.63) is 71.9 Å². The first kappa shape index (κ1) is 15.7. The summed E-state index contributed by atoms with van der Waals surface area (Å²) in [7, 11) is 0. The number of benzene rings is 2. The quantitative estimate of drug-likeness (QED) is 0.485. The highest BCUT2D eigenvalue weighted by Crippen LogP contribution is 2.32. The molecule has 25 heavy (non-hydrogen) atoms. The van der Waals surface area contributed by atoms with E-state index in [-0.39, 0.29) is 0 Å². The van der Waals surface area contributed by atoms with Crippen molar-refractivity contribution < 1.29 is 4.42 Å². The van der Waals surface area contributed by atoms with Crippen molar-refractivity contribution in [3.63, 3.8) is 0 Å². The van der Waals surface area contributed by atoms with Gasteiger partial charge in [-0.15, -0.1) is 0 Å². The number of hydrogen-bond donors (Lipinski definition) is 1. The fraction of sp³-hybridized carbons (Fsp3) is 0.100. The van der Waals surface area contributed by atoms with Gasteiger partial charge in [0.25, 0.3) is 0 Å². The van der Waals surface area contributed by atoms with Crippen molar-refractivity contribution in [3.8, 4) is 11.5 Å². The van der Waals surface area contributed by atoms with Crippen LogP contribution in [-0.4, -0.2) is 9.97 Å². The van der Waals surface area contributed by atoms with Gasteiger partial charge in [-0.05, 0) is 73.3 Å². The summed E-state index contributed by atoms with van der Waals surface area (Å²) in [5.74, 6) is 0.567. The van der Waals surface area contributed by atoms with Crippen LogP contribution in [0.3, 0.4) is 0 Å². The van der Waals surface area contributed by atoms with E-state index in [9.17, 15) is 0 Å². The molecule has 0 saturated carbocycles. The van der Waals surface area contributed by atoms with Crippen LogP contribution in [-0.2, 0) is 0 Å². The Hall–Kier alpha value is -2.79. The number of anilines is 1. The molecular weight excluding hydrogens is 330 g/mol. The van der Waals surface area contributed by atoms with Gasteiger partial charge in [0.05, 0.1) is 11.3 Å². The van der Waals surface area contributed by atoms with Crippen molar-refractivity contribution in [2.45, 2.75) is 18.7 Å². The lowest BCUT2D eigenvalue weighted by molar-refractivity contribution is 0.620. The average molecular weight is 347 g/mol. The lowest BCUT2D eigenvalue weighted by atomic mass is 10.2. The third kappa shape index (κ3) is 3.37. The predicted molar refractivity (Wildman–Crippen MR) is 103 cm³/mol. The molecule has 0 fully saturated rings. The number of rotatable bonds is 4. The maximum atomic E-state index is 5.86. The highest BCUT2D eigenvalue weighted by Gasteiger charge is 2.12. The summed E-state index contributed by atoms with van der Waals surface area (Å²) in [4.78, 5) is 9.91. The minimum Gasteiger partial charge on any atom is -0.434 e. The molecule has 5 heteroatoms. The van der Waals surface area contributed by atoms with E-state index in [4.69, 9.17) is 4.42 Å². The highest BCUT2D eigenvalue weighted by molar-refractivity contribution is 8.00. The number of nitrogens with zero attached hydrogens (tertiary/aromatic N) is 2. The summed E-state index contributed by atoms with van der Waals surface area (Å²) in [6.45, 7) is 4.21. The zero-order chi connectivity index (χ0) is 17.2. The normalized spacial score (nSPS) is 11.0. The van der Waals surface area contributed by atoms with Gasteiger partial charge in [-0.1, -0.05) is 18.2 Å². The van der Waals surface area contributed by atoms with Crippen LogP contribution in [0.25, 0.3) is 22.7 Å². The van der Waals surface area contributed by atoms with Gasteiger partial charge in [0.2, 0.25) is 5.89 Å². The number of fused-ring (bicyclic) bond motifs is 1. The number of aryl methyl sites for hydroxylation is 2. The first-order valence-corrected chi connectivity index (χ1v) is 8.83. The molecule has 0 bridgehead atoms. The fourth-order valence-corrected chi connectivity index (χ4v) is 3.64. The molecule has 1 N–H and O–H groups in total. The van der Waals surface area contributed by atoms with Gasteiger partial charge in [-0.25, -0.2) is 4.98 Å². The Kier molecular flexibility index (Phi) is 4.15. The lowest BCUT2D eigenvalue weighted by Gasteiger charge is -2.10. The highest BCUT2D eigenvalue weighted by atomic mass is 32.2. The molecule has 0 aliphatic heterocycles. The van der Waals surface area contributed by atoms with Crippen molar-refractivity contribution in [1.82, 2.24) is 9.97 Å². The van der Waals surface area contributed by atoms with Crippen LogP contribution in [0.1, 0.15) is 11.1 Å². The number of hydrogen-bond acceptors (Lipinski definition) is 5. The molecule has 0 unspecified atom stereocenters. The molecule has 2 aromatic heterocycles. The van der Waals surface area contributed by atoms with Crippen LogP contribution in [0.15, 0.2) is 70.1 Å². The van der Waals surface area contributed by atoms with Crippen LogP contribution in [0.4, 0.5) is 5.69 Å². The minimum absolute atomic E-state index is 0.567. The molecular formula is C20H17N3OS. The molecule has 2 aromatic carbocycles. The fourth-order valence-electron chi connectivity index (χ4n) is 2.75. The maximum absolute atomic E-state index is 5.86. The zero-order valence-electron chi connectivity index (χ0n) is 14.0. The van der Waals surface area contributed by atoms with Crippen LogP contribution >= 0.6 is 11.9 Å². The van der Waals surface area contributed by atoms with Gasteiger partial charge in [-0.2, -0.15) is 4.98 Å². The van der Waals surface area contributed by atoms with Crippen molar-refractivity contribution in [2.75, 3.05) is 4.72 Å². The van der Waals surface area contributed by atoms with E-state index in [2.05, 4.69) is 46.7 Å². The molecule has 4 aromatic rings. The molecule has 0 saturated heterocycles. The van der Waals surface area contributed by atoms with Gasteiger partial charge in [0.1, 0.15) is 0 Å². The molecule has 0 atom stereocenters. The molecule has 4 nitrogen and oxygen atoms in total. The van der Waals surface area contributed by atoms with Gasteiger partial charge >= 0.3 is 0 Å². The third-order valence-electron chi connectivity index (χ3n) is 3.80. The summed E-state index contributed by atoms with van der Waals surface area (Å²) in [5.41, 5.74) is 5.68. The molecule has 0 amide bonds. The van der Waals surface area contributed by atoms with E-state index in [1.807, 2.05) is 36.4 Å². The molecule has 0 spiro atoms. The molecule has 0 aliphatic rings. The predicted octanol–water partition coefficient (Wildman–Crippen LogP) is 5.63.